The number of aliphatic hydroxyl groups is 1. The van der Waals surface area contributed by atoms with E-state index in [4.69, 9.17) is 9.47 Å². The van der Waals surface area contributed by atoms with Crippen LogP contribution in [0.2, 0.25) is 0 Å². The van der Waals surface area contributed by atoms with E-state index in [9.17, 15) is 5.11 Å². The first-order chi connectivity index (χ1) is 12.8. The minimum absolute atomic E-state index is 0.0113. The van der Waals surface area contributed by atoms with Gasteiger partial charge in [0.2, 0.25) is 0 Å². The molecule has 0 unspecified atom stereocenters. The van der Waals surface area contributed by atoms with Gasteiger partial charge in [0.15, 0.2) is 0 Å². The molecule has 6 nitrogen and oxygen atoms in total. The van der Waals surface area contributed by atoms with E-state index in [1.165, 1.54) is 5.56 Å². The highest BCUT2D eigenvalue weighted by molar-refractivity contribution is 5.37. The van der Waals surface area contributed by atoms with Gasteiger partial charge in [-0.3, -0.25) is 4.90 Å². The van der Waals surface area contributed by atoms with Crippen molar-refractivity contribution in [2.75, 3.05) is 32.9 Å². The van der Waals surface area contributed by atoms with Crippen LogP contribution < -0.4 is 4.74 Å². The molecule has 2 heterocycles. The summed E-state index contributed by atoms with van der Waals surface area (Å²) >= 11 is 0. The number of aliphatic hydroxyl groups excluding tert-OH is 1. The van der Waals surface area contributed by atoms with Gasteiger partial charge in [-0.15, -0.1) is 0 Å². The van der Waals surface area contributed by atoms with Gasteiger partial charge < -0.3 is 14.6 Å². The highest BCUT2D eigenvalue weighted by Crippen LogP contribution is 2.22. The first kappa shape index (κ1) is 18.8. The molecule has 1 aliphatic rings. The average Bonchev–Trinajstić information content (AvgIpc) is 2.89. The Balaban J connectivity index is 1.64. The largest absolute Gasteiger partial charge is 0.494 e. The van der Waals surface area contributed by atoms with E-state index in [0.29, 0.717) is 12.5 Å². The number of benzene rings is 1. The maximum atomic E-state index is 9.60. The number of hydrogen-bond acceptors (Lipinski definition) is 6. The molecule has 0 spiro atoms. The van der Waals surface area contributed by atoms with Gasteiger partial charge in [0.05, 0.1) is 26.4 Å². The van der Waals surface area contributed by atoms with Gasteiger partial charge in [0.1, 0.15) is 12.1 Å². The molecule has 2 aromatic rings. The zero-order valence-electron chi connectivity index (χ0n) is 15.3. The molecule has 6 heteroatoms. The lowest BCUT2D eigenvalue weighted by atomic mass is 10.0. The van der Waals surface area contributed by atoms with Crippen molar-refractivity contribution in [1.82, 2.24) is 14.9 Å². The SMILES string of the molecule is CCOc1ccc(CN2CCOC[C@@H](Cc3ccncn3)C2)cc1CO. The molecule has 1 aromatic heterocycles. The lowest BCUT2D eigenvalue weighted by Crippen LogP contribution is -2.30. The highest BCUT2D eigenvalue weighted by atomic mass is 16.5. The van der Waals surface area contributed by atoms with E-state index >= 15 is 0 Å². The second-order valence-corrected chi connectivity index (χ2v) is 6.61. The molecule has 1 atom stereocenters. The fraction of sp³-hybridized carbons (Fsp3) is 0.500. The predicted molar refractivity (Wildman–Crippen MR) is 98.9 cm³/mol. The second-order valence-electron chi connectivity index (χ2n) is 6.61. The van der Waals surface area contributed by atoms with Crippen molar-refractivity contribution in [3.05, 3.63) is 53.6 Å². The molecule has 1 N–H and O–H groups in total. The van der Waals surface area contributed by atoms with Crippen molar-refractivity contribution in [2.45, 2.75) is 26.5 Å². The summed E-state index contributed by atoms with van der Waals surface area (Å²) in [6.45, 7) is 6.74. The normalized spacial score (nSPS) is 18.5. The molecule has 26 heavy (non-hydrogen) atoms. The number of aromatic nitrogens is 2. The minimum atomic E-state index is -0.0113. The summed E-state index contributed by atoms with van der Waals surface area (Å²) in [5.74, 6) is 1.17. The fourth-order valence-electron chi connectivity index (χ4n) is 3.36. The minimum Gasteiger partial charge on any atom is -0.494 e. The van der Waals surface area contributed by atoms with Gasteiger partial charge in [-0.25, -0.2) is 9.97 Å². The molecular weight excluding hydrogens is 330 g/mol. The van der Waals surface area contributed by atoms with E-state index in [0.717, 1.165) is 56.3 Å². The van der Waals surface area contributed by atoms with Crippen molar-refractivity contribution in [3.63, 3.8) is 0 Å². The van der Waals surface area contributed by atoms with Crippen LogP contribution in [0.15, 0.2) is 36.8 Å². The molecule has 1 aromatic carbocycles. The first-order valence-corrected chi connectivity index (χ1v) is 9.19. The van der Waals surface area contributed by atoms with Crippen LogP contribution in [-0.4, -0.2) is 52.9 Å². The smallest absolute Gasteiger partial charge is 0.124 e. The summed E-state index contributed by atoms with van der Waals surface area (Å²) in [6, 6.07) is 8.04. The Labute approximate surface area is 154 Å². The summed E-state index contributed by atoms with van der Waals surface area (Å²) in [4.78, 5) is 10.7. The lowest BCUT2D eigenvalue weighted by Gasteiger charge is -2.23. The van der Waals surface area contributed by atoms with Gasteiger partial charge in [-0.05, 0) is 37.1 Å². The van der Waals surface area contributed by atoms with Crippen molar-refractivity contribution in [2.24, 2.45) is 5.92 Å². The number of rotatable bonds is 7. The summed E-state index contributed by atoms with van der Waals surface area (Å²) in [6.07, 6.45) is 4.28. The van der Waals surface area contributed by atoms with E-state index in [2.05, 4.69) is 20.9 Å². The van der Waals surface area contributed by atoms with E-state index < -0.39 is 0 Å². The summed E-state index contributed by atoms with van der Waals surface area (Å²) < 4.78 is 11.4. The van der Waals surface area contributed by atoms with Crippen LogP contribution in [0.3, 0.4) is 0 Å². The van der Waals surface area contributed by atoms with Crippen LogP contribution >= 0.6 is 0 Å². The maximum absolute atomic E-state index is 9.60. The molecular formula is C20H27N3O3. The molecule has 0 saturated carbocycles. The zero-order chi connectivity index (χ0) is 18.2. The van der Waals surface area contributed by atoms with Crippen molar-refractivity contribution >= 4 is 0 Å². The van der Waals surface area contributed by atoms with Crippen molar-refractivity contribution in [1.29, 1.82) is 0 Å². The average molecular weight is 357 g/mol. The molecule has 0 aliphatic carbocycles. The van der Waals surface area contributed by atoms with Gasteiger partial charge in [0, 0.05) is 43.0 Å². The zero-order valence-corrected chi connectivity index (χ0v) is 15.3. The molecule has 1 aliphatic heterocycles. The lowest BCUT2D eigenvalue weighted by molar-refractivity contribution is 0.121. The fourth-order valence-corrected chi connectivity index (χ4v) is 3.36. The van der Waals surface area contributed by atoms with E-state index in [1.807, 2.05) is 25.1 Å². The monoisotopic (exact) mass is 357 g/mol. The van der Waals surface area contributed by atoms with Crippen molar-refractivity contribution in [3.8, 4) is 5.75 Å². The first-order valence-electron chi connectivity index (χ1n) is 9.19. The summed E-state index contributed by atoms with van der Waals surface area (Å²) in [5.41, 5.74) is 3.08. The topological polar surface area (TPSA) is 67.7 Å². The molecule has 0 bridgehead atoms. The Kier molecular flexibility index (Phi) is 6.94. The van der Waals surface area contributed by atoms with Crippen LogP contribution in [0.4, 0.5) is 0 Å². The number of nitrogens with zero attached hydrogens (tertiary/aromatic N) is 3. The molecule has 0 radical (unpaired) electrons. The van der Waals surface area contributed by atoms with Gasteiger partial charge in [-0.2, -0.15) is 0 Å². The van der Waals surface area contributed by atoms with Crippen LogP contribution in [0, 0.1) is 5.92 Å². The van der Waals surface area contributed by atoms with Crippen LogP contribution in [-0.2, 0) is 24.3 Å². The van der Waals surface area contributed by atoms with Gasteiger partial charge in [-0.1, -0.05) is 6.07 Å². The highest BCUT2D eigenvalue weighted by Gasteiger charge is 2.20. The Hall–Kier alpha value is -2.02. The van der Waals surface area contributed by atoms with Crippen LogP contribution in [0.5, 0.6) is 5.75 Å². The maximum Gasteiger partial charge on any atom is 0.124 e. The molecule has 3 rings (SSSR count). The Bertz CT molecular complexity index is 681. The summed E-state index contributed by atoms with van der Waals surface area (Å²) in [5, 5.41) is 9.60. The van der Waals surface area contributed by atoms with E-state index in [1.54, 1.807) is 12.5 Å². The third kappa shape index (κ3) is 5.24. The quantitative estimate of drug-likeness (QED) is 0.818. The molecule has 0 amide bonds. The third-order valence-corrected chi connectivity index (χ3v) is 4.56. The Morgan fingerprint density at radius 1 is 1.35 bits per heavy atom. The van der Waals surface area contributed by atoms with Crippen LogP contribution in [0.25, 0.3) is 0 Å². The van der Waals surface area contributed by atoms with Gasteiger partial charge >= 0.3 is 0 Å². The Morgan fingerprint density at radius 2 is 2.27 bits per heavy atom. The third-order valence-electron chi connectivity index (χ3n) is 4.56. The molecule has 1 saturated heterocycles. The predicted octanol–water partition coefficient (Wildman–Crippen LogP) is 2.06. The standard InChI is InChI=1S/C20H27N3O3/c1-2-26-20-4-3-16(9-18(20)13-24)11-23-7-8-25-14-17(12-23)10-19-5-6-21-15-22-19/h3-6,9,15,17,24H,2,7-8,10-14H2,1H3/t17-/m0/s1. The summed E-state index contributed by atoms with van der Waals surface area (Å²) in [7, 11) is 0. The van der Waals surface area contributed by atoms with E-state index in [-0.39, 0.29) is 6.61 Å². The molecule has 1 fully saturated rings. The van der Waals surface area contributed by atoms with Gasteiger partial charge in [0.25, 0.3) is 0 Å². The van der Waals surface area contributed by atoms with Crippen LogP contribution in [0.1, 0.15) is 23.7 Å². The Morgan fingerprint density at radius 3 is 3.04 bits per heavy atom. The van der Waals surface area contributed by atoms with Crippen molar-refractivity contribution < 1.29 is 14.6 Å². The second kappa shape index (κ2) is 9.62. The number of hydrogen-bond donors (Lipinski definition) is 1. The number of ether oxygens (including phenoxy) is 2. The molecule has 140 valence electrons.